The molecule has 2 aliphatic rings. The molecule has 29 heavy (non-hydrogen) atoms. The third kappa shape index (κ3) is 5.03. The lowest BCUT2D eigenvalue weighted by Crippen LogP contribution is -2.45. The van der Waals surface area contributed by atoms with Crippen molar-refractivity contribution in [2.45, 2.75) is 50.7 Å². The largest absolute Gasteiger partial charge is 0.477 e. The average molecular weight is 435 g/mol. The van der Waals surface area contributed by atoms with Crippen LogP contribution >= 0.6 is 23.2 Å². The van der Waals surface area contributed by atoms with Crippen LogP contribution in [0.1, 0.15) is 48.9 Å². The number of amides is 1. The van der Waals surface area contributed by atoms with Crippen molar-refractivity contribution in [3.8, 4) is 17.0 Å². The molecule has 2 N–H and O–H groups in total. The van der Waals surface area contributed by atoms with Crippen LogP contribution in [-0.4, -0.2) is 34.8 Å². The highest BCUT2D eigenvalue weighted by Gasteiger charge is 2.26. The molecular weight excluding hydrogens is 411 g/mol. The van der Waals surface area contributed by atoms with E-state index in [2.05, 4.69) is 10.3 Å². The molecule has 2 atom stereocenters. The second kappa shape index (κ2) is 8.90. The van der Waals surface area contributed by atoms with Crippen LogP contribution in [0, 0.1) is 5.92 Å². The van der Waals surface area contributed by atoms with Gasteiger partial charge in [0.05, 0.1) is 29.3 Å². The van der Waals surface area contributed by atoms with Gasteiger partial charge in [0.15, 0.2) is 0 Å². The zero-order valence-electron chi connectivity index (χ0n) is 16.0. The molecule has 7 heteroatoms. The molecule has 1 amide bonds. The van der Waals surface area contributed by atoms with E-state index in [0.717, 1.165) is 19.3 Å². The van der Waals surface area contributed by atoms with E-state index in [-0.39, 0.29) is 11.9 Å². The molecule has 0 bridgehead atoms. The summed E-state index contributed by atoms with van der Waals surface area (Å²) in [4.78, 5) is 17.2. The van der Waals surface area contributed by atoms with Crippen LogP contribution in [-0.2, 0) is 0 Å². The van der Waals surface area contributed by atoms with Crippen molar-refractivity contribution in [1.29, 1.82) is 0 Å². The lowest BCUT2D eigenvalue weighted by Gasteiger charge is -2.28. The summed E-state index contributed by atoms with van der Waals surface area (Å²) in [7, 11) is 0. The van der Waals surface area contributed by atoms with Gasteiger partial charge in [-0.1, -0.05) is 42.1 Å². The number of aromatic nitrogens is 1. The van der Waals surface area contributed by atoms with Crippen molar-refractivity contribution < 1.29 is 14.6 Å². The number of nitrogens with zero attached hydrogens (tertiary/aromatic N) is 1. The number of rotatable bonds is 6. The second-order valence-electron chi connectivity index (χ2n) is 7.89. The number of carbonyl (C=O) groups is 1. The predicted octanol–water partition coefficient (Wildman–Crippen LogP) is 4.88. The quantitative estimate of drug-likeness (QED) is 0.679. The molecule has 1 aromatic heterocycles. The van der Waals surface area contributed by atoms with Crippen molar-refractivity contribution >= 4 is 29.1 Å². The fourth-order valence-corrected chi connectivity index (χ4v) is 4.12. The average Bonchev–Trinajstić information content (AvgIpc) is 3.53. The Balaban J connectivity index is 1.62. The molecule has 0 radical (unpaired) electrons. The van der Waals surface area contributed by atoms with Crippen molar-refractivity contribution in [2.75, 3.05) is 6.61 Å². The number of hydrogen-bond acceptors (Lipinski definition) is 4. The Labute approximate surface area is 180 Å². The summed E-state index contributed by atoms with van der Waals surface area (Å²) < 4.78 is 5.93. The molecule has 2 fully saturated rings. The zero-order valence-corrected chi connectivity index (χ0v) is 17.5. The Morgan fingerprint density at radius 3 is 2.66 bits per heavy atom. The summed E-state index contributed by atoms with van der Waals surface area (Å²) in [5.74, 6) is 0.764. The summed E-state index contributed by atoms with van der Waals surface area (Å²) in [5.41, 5.74) is 1.77. The second-order valence-corrected chi connectivity index (χ2v) is 8.73. The van der Waals surface area contributed by atoms with Gasteiger partial charge in [0.1, 0.15) is 0 Å². The zero-order chi connectivity index (χ0) is 20.4. The number of hydrogen-bond donors (Lipinski definition) is 2. The number of nitrogens with one attached hydrogen (secondary N) is 1. The van der Waals surface area contributed by atoms with E-state index in [1.807, 2.05) is 0 Å². The van der Waals surface area contributed by atoms with Crippen molar-refractivity contribution in [2.24, 2.45) is 5.92 Å². The number of aliphatic hydroxyl groups excluding tert-OH is 1. The Morgan fingerprint density at radius 1 is 1.14 bits per heavy atom. The first-order valence-corrected chi connectivity index (χ1v) is 10.8. The van der Waals surface area contributed by atoms with Crippen LogP contribution in [0.25, 0.3) is 11.1 Å². The maximum atomic E-state index is 12.8. The minimum atomic E-state index is -0.507. The first-order chi connectivity index (χ1) is 14.0. The first-order valence-electron chi connectivity index (χ1n) is 10.1. The highest BCUT2D eigenvalue weighted by atomic mass is 35.5. The predicted molar refractivity (Wildman–Crippen MR) is 114 cm³/mol. The van der Waals surface area contributed by atoms with Gasteiger partial charge in [0, 0.05) is 22.3 Å². The summed E-state index contributed by atoms with van der Waals surface area (Å²) >= 11 is 12.5. The van der Waals surface area contributed by atoms with Crippen molar-refractivity contribution in [3.05, 3.63) is 46.1 Å². The van der Waals surface area contributed by atoms with E-state index in [1.165, 1.54) is 19.0 Å². The molecular formula is C22H24Cl2N2O3. The number of carbonyl (C=O) groups excluding carboxylic acids is 1. The molecule has 154 valence electrons. The minimum absolute atomic E-state index is 0.232. The fourth-order valence-electron chi connectivity index (χ4n) is 3.60. The lowest BCUT2D eigenvalue weighted by molar-refractivity contribution is 0.0717. The van der Waals surface area contributed by atoms with E-state index in [1.54, 1.807) is 24.3 Å². The van der Waals surface area contributed by atoms with Gasteiger partial charge in [-0.25, -0.2) is 4.98 Å². The standard InChI is InChI=1S/C22H24Cl2N2O3/c23-15-7-8-16(18(24)10-15)17-9-14(11-25-22(17)29-12-13-5-6-13)21(28)26-19-3-1-2-4-20(19)27/h7-11,13,19-20,27H,1-6,12H2,(H,26,28)/t19?,20-/m1/s1. The fraction of sp³-hybridized carbons (Fsp3) is 0.455. The number of halogens is 2. The van der Waals surface area contributed by atoms with Crippen LogP contribution in [0.4, 0.5) is 0 Å². The van der Waals surface area contributed by atoms with Crippen LogP contribution in [0.2, 0.25) is 10.0 Å². The Kier molecular flexibility index (Phi) is 6.28. The molecule has 1 heterocycles. The Hall–Kier alpha value is -1.82. The third-order valence-electron chi connectivity index (χ3n) is 5.53. The summed E-state index contributed by atoms with van der Waals surface area (Å²) in [5, 5.41) is 14.1. The van der Waals surface area contributed by atoms with Crippen LogP contribution in [0.15, 0.2) is 30.5 Å². The first kappa shape index (κ1) is 20.5. The van der Waals surface area contributed by atoms with E-state index < -0.39 is 6.10 Å². The molecule has 2 aromatic rings. The summed E-state index contributed by atoms with van der Waals surface area (Å²) in [6.07, 6.45) is 6.82. The van der Waals surface area contributed by atoms with Crippen molar-refractivity contribution in [3.63, 3.8) is 0 Å². The molecule has 1 aromatic carbocycles. The van der Waals surface area contributed by atoms with Gasteiger partial charge in [-0.2, -0.15) is 0 Å². The molecule has 0 spiro atoms. The highest BCUT2D eigenvalue weighted by Crippen LogP contribution is 2.37. The van der Waals surface area contributed by atoms with Crippen LogP contribution in [0.5, 0.6) is 5.88 Å². The monoisotopic (exact) mass is 434 g/mol. The molecule has 1 unspecified atom stereocenters. The maximum absolute atomic E-state index is 12.8. The highest BCUT2D eigenvalue weighted by molar-refractivity contribution is 6.36. The number of pyridine rings is 1. The Morgan fingerprint density at radius 2 is 1.93 bits per heavy atom. The SMILES string of the molecule is O=C(NC1CCCC[C@H]1O)c1cnc(OCC2CC2)c(-c2ccc(Cl)cc2Cl)c1. The molecule has 4 rings (SSSR count). The van der Waals surface area contributed by atoms with E-state index in [0.29, 0.717) is 51.6 Å². The smallest absolute Gasteiger partial charge is 0.253 e. The number of ether oxygens (including phenoxy) is 1. The van der Waals surface area contributed by atoms with Gasteiger partial charge in [0.2, 0.25) is 5.88 Å². The topological polar surface area (TPSA) is 71.5 Å². The van der Waals surface area contributed by atoms with Gasteiger partial charge in [-0.15, -0.1) is 0 Å². The Bertz CT molecular complexity index is 902. The van der Waals surface area contributed by atoms with Gasteiger partial charge in [-0.3, -0.25) is 4.79 Å². The van der Waals surface area contributed by atoms with E-state index >= 15 is 0 Å². The maximum Gasteiger partial charge on any atom is 0.253 e. The normalized spacial score (nSPS) is 21.6. The number of aliphatic hydroxyl groups is 1. The van der Waals surface area contributed by atoms with Gasteiger partial charge < -0.3 is 15.2 Å². The summed E-state index contributed by atoms with van der Waals surface area (Å²) in [6, 6.07) is 6.73. The molecule has 5 nitrogen and oxygen atoms in total. The van der Waals surface area contributed by atoms with Crippen LogP contribution in [0.3, 0.4) is 0 Å². The van der Waals surface area contributed by atoms with Crippen molar-refractivity contribution in [1.82, 2.24) is 10.3 Å². The molecule has 2 saturated carbocycles. The van der Waals surface area contributed by atoms with Crippen LogP contribution < -0.4 is 10.1 Å². The van der Waals surface area contributed by atoms with E-state index in [4.69, 9.17) is 27.9 Å². The molecule has 0 saturated heterocycles. The van der Waals surface area contributed by atoms with Gasteiger partial charge >= 0.3 is 0 Å². The van der Waals surface area contributed by atoms with Gasteiger partial charge in [-0.05, 0) is 49.8 Å². The number of benzene rings is 1. The molecule has 2 aliphatic carbocycles. The lowest BCUT2D eigenvalue weighted by atomic mass is 9.92. The summed E-state index contributed by atoms with van der Waals surface area (Å²) in [6.45, 7) is 0.602. The van der Waals surface area contributed by atoms with Gasteiger partial charge in [0.25, 0.3) is 5.91 Å². The van der Waals surface area contributed by atoms with E-state index in [9.17, 15) is 9.90 Å². The minimum Gasteiger partial charge on any atom is -0.477 e. The molecule has 0 aliphatic heterocycles. The third-order valence-corrected chi connectivity index (χ3v) is 6.08.